The van der Waals surface area contributed by atoms with Gasteiger partial charge in [0.25, 0.3) is 0 Å². The fraction of sp³-hybridized carbons (Fsp3) is 0.579. The van der Waals surface area contributed by atoms with Crippen LogP contribution >= 0.6 is 0 Å². The molecule has 6 nitrogen and oxygen atoms in total. The Labute approximate surface area is 149 Å². The minimum atomic E-state index is -0.294. The summed E-state index contributed by atoms with van der Waals surface area (Å²) in [6, 6.07) is 7.08. The molecular weight excluding hydrogens is 320 g/mol. The summed E-state index contributed by atoms with van der Waals surface area (Å²) in [6.07, 6.45) is 1.33. The van der Waals surface area contributed by atoms with Crippen molar-refractivity contribution in [3.8, 4) is 5.75 Å². The third-order valence-corrected chi connectivity index (χ3v) is 4.25. The summed E-state index contributed by atoms with van der Waals surface area (Å²) in [4.78, 5) is 28.0. The van der Waals surface area contributed by atoms with Gasteiger partial charge in [0.2, 0.25) is 5.91 Å². The number of carbonyl (C=O) groups is 2. The number of aromatic hydroxyl groups is 1. The minimum Gasteiger partial charge on any atom is -0.508 e. The topological polar surface area (TPSA) is 70.1 Å². The number of amides is 2. The molecular formula is C19H28N2O4. The Morgan fingerprint density at radius 1 is 1.12 bits per heavy atom. The second-order valence-corrected chi connectivity index (χ2v) is 6.82. The lowest BCUT2D eigenvalue weighted by Crippen LogP contribution is -2.38. The van der Waals surface area contributed by atoms with Crippen molar-refractivity contribution in [2.75, 3.05) is 32.8 Å². The lowest BCUT2D eigenvalue weighted by atomic mass is 10.1. The van der Waals surface area contributed by atoms with E-state index in [2.05, 4.69) is 0 Å². The van der Waals surface area contributed by atoms with Gasteiger partial charge in [0, 0.05) is 32.6 Å². The van der Waals surface area contributed by atoms with Gasteiger partial charge in [-0.05, 0) is 30.4 Å². The van der Waals surface area contributed by atoms with Crippen molar-refractivity contribution in [1.82, 2.24) is 9.80 Å². The highest BCUT2D eigenvalue weighted by atomic mass is 16.6. The number of hydrogen-bond acceptors (Lipinski definition) is 4. The van der Waals surface area contributed by atoms with Crippen molar-refractivity contribution in [1.29, 1.82) is 0 Å². The molecule has 0 bridgehead atoms. The molecule has 1 aromatic carbocycles. The highest BCUT2D eigenvalue weighted by Gasteiger charge is 2.23. The van der Waals surface area contributed by atoms with Crippen LogP contribution in [0.3, 0.4) is 0 Å². The van der Waals surface area contributed by atoms with Gasteiger partial charge < -0.3 is 19.6 Å². The standard InChI is InChI=1S/C19H28N2O4/c1-15(2)14-25-19(24)21-11-5-10-20(12-13-21)18(23)9-8-16-6-3-4-7-17(16)22/h3-4,6-7,15,22H,5,8-14H2,1-2H3. The summed E-state index contributed by atoms with van der Waals surface area (Å²) in [7, 11) is 0. The first-order valence-electron chi connectivity index (χ1n) is 8.93. The second kappa shape index (κ2) is 9.30. The van der Waals surface area contributed by atoms with Gasteiger partial charge in [-0.25, -0.2) is 4.79 Å². The third-order valence-electron chi connectivity index (χ3n) is 4.25. The van der Waals surface area contributed by atoms with E-state index in [-0.39, 0.29) is 17.7 Å². The molecule has 1 N–H and O–H groups in total. The number of carbonyl (C=O) groups excluding carboxylic acids is 2. The van der Waals surface area contributed by atoms with Crippen LogP contribution in [0.1, 0.15) is 32.3 Å². The van der Waals surface area contributed by atoms with Crippen LogP contribution < -0.4 is 0 Å². The van der Waals surface area contributed by atoms with Crippen LogP contribution in [-0.4, -0.2) is 59.7 Å². The molecule has 1 aliphatic rings. The lowest BCUT2D eigenvalue weighted by Gasteiger charge is -2.22. The van der Waals surface area contributed by atoms with Crippen LogP contribution in [0.4, 0.5) is 4.79 Å². The summed E-state index contributed by atoms with van der Waals surface area (Å²) in [5.74, 6) is 0.592. The molecule has 0 saturated carbocycles. The number of benzene rings is 1. The Balaban J connectivity index is 1.80. The first-order chi connectivity index (χ1) is 12.0. The number of phenols is 1. The van der Waals surface area contributed by atoms with Crippen LogP contribution in [0.2, 0.25) is 0 Å². The number of hydrogen-bond donors (Lipinski definition) is 1. The largest absolute Gasteiger partial charge is 0.508 e. The smallest absolute Gasteiger partial charge is 0.409 e. The van der Waals surface area contributed by atoms with Crippen molar-refractivity contribution in [2.45, 2.75) is 33.1 Å². The highest BCUT2D eigenvalue weighted by Crippen LogP contribution is 2.18. The molecule has 1 aliphatic heterocycles. The molecule has 1 heterocycles. The number of aryl methyl sites for hydroxylation is 1. The van der Waals surface area contributed by atoms with Gasteiger partial charge in [0.1, 0.15) is 5.75 Å². The maximum atomic E-state index is 12.4. The van der Waals surface area contributed by atoms with E-state index >= 15 is 0 Å². The molecule has 0 aromatic heterocycles. The Morgan fingerprint density at radius 3 is 2.52 bits per heavy atom. The Bertz CT molecular complexity index is 589. The molecule has 0 atom stereocenters. The highest BCUT2D eigenvalue weighted by molar-refractivity contribution is 5.76. The van der Waals surface area contributed by atoms with Crippen molar-refractivity contribution >= 4 is 12.0 Å². The van der Waals surface area contributed by atoms with Gasteiger partial charge >= 0.3 is 6.09 Å². The van der Waals surface area contributed by atoms with E-state index in [0.29, 0.717) is 51.5 Å². The molecule has 1 aromatic rings. The average Bonchev–Trinajstić information content (AvgIpc) is 2.85. The Hall–Kier alpha value is -2.24. The van der Waals surface area contributed by atoms with Gasteiger partial charge in [-0.2, -0.15) is 0 Å². The van der Waals surface area contributed by atoms with Crippen LogP contribution in [0.15, 0.2) is 24.3 Å². The van der Waals surface area contributed by atoms with Crippen molar-refractivity contribution in [3.63, 3.8) is 0 Å². The van der Waals surface area contributed by atoms with E-state index in [1.54, 1.807) is 21.9 Å². The van der Waals surface area contributed by atoms with E-state index in [0.717, 1.165) is 12.0 Å². The molecule has 25 heavy (non-hydrogen) atoms. The molecule has 0 aliphatic carbocycles. The van der Waals surface area contributed by atoms with Crippen LogP contribution in [-0.2, 0) is 16.0 Å². The zero-order valence-electron chi connectivity index (χ0n) is 15.1. The molecule has 138 valence electrons. The number of ether oxygens (including phenoxy) is 1. The van der Waals surface area contributed by atoms with E-state index in [4.69, 9.17) is 4.74 Å². The lowest BCUT2D eigenvalue weighted by molar-refractivity contribution is -0.131. The fourth-order valence-corrected chi connectivity index (χ4v) is 2.80. The number of nitrogens with zero attached hydrogens (tertiary/aromatic N) is 2. The van der Waals surface area contributed by atoms with Gasteiger partial charge in [-0.3, -0.25) is 4.79 Å². The second-order valence-electron chi connectivity index (χ2n) is 6.82. The van der Waals surface area contributed by atoms with E-state index < -0.39 is 0 Å². The summed E-state index contributed by atoms with van der Waals surface area (Å²) in [5.41, 5.74) is 0.782. The quantitative estimate of drug-likeness (QED) is 0.888. The predicted octanol–water partition coefficient (Wildman–Crippen LogP) is 2.65. The first kappa shape index (κ1) is 19.1. The van der Waals surface area contributed by atoms with E-state index in [1.807, 2.05) is 26.0 Å². The molecule has 2 amide bonds. The van der Waals surface area contributed by atoms with Crippen molar-refractivity contribution in [3.05, 3.63) is 29.8 Å². The fourth-order valence-electron chi connectivity index (χ4n) is 2.80. The number of rotatable bonds is 5. The molecule has 0 spiro atoms. The Kier molecular flexibility index (Phi) is 7.10. The molecule has 6 heteroatoms. The monoisotopic (exact) mass is 348 g/mol. The predicted molar refractivity (Wildman–Crippen MR) is 95.4 cm³/mol. The SMILES string of the molecule is CC(C)COC(=O)N1CCCN(C(=O)CCc2ccccc2O)CC1. The maximum absolute atomic E-state index is 12.4. The van der Waals surface area contributed by atoms with E-state index in [9.17, 15) is 14.7 Å². The van der Waals surface area contributed by atoms with Crippen molar-refractivity contribution < 1.29 is 19.4 Å². The number of phenolic OH excluding ortho intramolecular Hbond substituents is 1. The van der Waals surface area contributed by atoms with Crippen LogP contribution in [0.25, 0.3) is 0 Å². The number of para-hydroxylation sites is 1. The summed E-state index contributed by atoms with van der Waals surface area (Å²) < 4.78 is 5.27. The van der Waals surface area contributed by atoms with E-state index in [1.165, 1.54) is 0 Å². The summed E-state index contributed by atoms with van der Waals surface area (Å²) in [5, 5.41) is 9.78. The first-order valence-corrected chi connectivity index (χ1v) is 8.93. The Morgan fingerprint density at radius 2 is 1.80 bits per heavy atom. The summed E-state index contributed by atoms with van der Waals surface area (Å²) >= 11 is 0. The maximum Gasteiger partial charge on any atom is 0.409 e. The van der Waals surface area contributed by atoms with Gasteiger partial charge in [0.05, 0.1) is 6.61 Å². The average molecular weight is 348 g/mol. The molecule has 1 saturated heterocycles. The molecule has 0 unspecified atom stereocenters. The zero-order chi connectivity index (χ0) is 18.2. The zero-order valence-corrected chi connectivity index (χ0v) is 15.1. The van der Waals surface area contributed by atoms with Gasteiger partial charge in [0.15, 0.2) is 0 Å². The normalized spacial score (nSPS) is 15.2. The van der Waals surface area contributed by atoms with Crippen LogP contribution in [0, 0.1) is 5.92 Å². The minimum absolute atomic E-state index is 0.0562. The molecule has 0 radical (unpaired) electrons. The van der Waals surface area contributed by atoms with Crippen molar-refractivity contribution in [2.24, 2.45) is 5.92 Å². The van der Waals surface area contributed by atoms with Gasteiger partial charge in [-0.1, -0.05) is 32.0 Å². The molecule has 2 rings (SSSR count). The van der Waals surface area contributed by atoms with Crippen LogP contribution in [0.5, 0.6) is 5.75 Å². The van der Waals surface area contributed by atoms with Gasteiger partial charge in [-0.15, -0.1) is 0 Å². The summed E-state index contributed by atoms with van der Waals surface area (Å²) in [6.45, 7) is 6.70. The third kappa shape index (κ3) is 5.96. The molecule has 1 fully saturated rings.